The van der Waals surface area contributed by atoms with Crippen LogP contribution in [0.3, 0.4) is 0 Å². The van der Waals surface area contributed by atoms with E-state index >= 15 is 0 Å². The molecule has 120 valence electrons. The number of hydrogen-bond acceptors (Lipinski definition) is 3. The van der Waals surface area contributed by atoms with Gasteiger partial charge in [-0.05, 0) is 30.3 Å². The SMILES string of the molecule is C=CC(=O)Oc1c(Cl)cc(Oc2ccccc2)c2cc(Cl)ccc12. The van der Waals surface area contributed by atoms with Crippen molar-refractivity contribution >= 4 is 39.9 Å². The first-order chi connectivity index (χ1) is 11.6. The van der Waals surface area contributed by atoms with E-state index in [0.29, 0.717) is 27.3 Å². The minimum Gasteiger partial charge on any atom is -0.457 e. The van der Waals surface area contributed by atoms with Crippen molar-refractivity contribution in [3.63, 3.8) is 0 Å². The quantitative estimate of drug-likeness (QED) is 0.324. The maximum atomic E-state index is 11.6. The van der Waals surface area contributed by atoms with Gasteiger partial charge in [0, 0.05) is 27.9 Å². The van der Waals surface area contributed by atoms with Gasteiger partial charge in [0.25, 0.3) is 0 Å². The van der Waals surface area contributed by atoms with E-state index in [-0.39, 0.29) is 10.8 Å². The highest BCUT2D eigenvalue weighted by atomic mass is 35.5. The Kier molecular flexibility index (Phi) is 4.74. The molecule has 0 N–H and O–H groups in total. The number of carbonyl (C=O) groups excluding carboxylic acids is 1. The van der Waals surface area contributed by atoms with Crippen LogP contribution in [0.2, 0.25) is 10.0 Å². The van der Waals surface area contributed by atoms with Crippen LogP contribution in [-0.2, 0) is 4.79 Å². The normalized spacial score (nSPS) is 10.4. The average molecular weight is 359 g/mol. The molecule has 0 saturated carbocycles. The number of esters is 1. The molecular formula is C19H12Cl2O3. The predicted octanol–water partition coefficient (Wildman–Crippen LogP) is 6.03. The fraction of sp³-hybridized carbons (Fsp3) is 0. The first-order valence-corrected chi connectivity index (χ1v) is 7.83. The van der Waals surface area contributed by atoms with E-state index in [9.17, 15) is 4.79 Å². The van der Waals surface area contributed by atoms with Crippen molar-refractivity contribution in [1.82, 2.24) is 0 Å². The molecule has 24 heavy (non-hydrogen) atoms. The molecule has 3 rings (SSSR count). The Hall–Kier alpha value is -2.49. The first kappa shape index (κ1) is 16.4. The van der Waals surface area contributed by atoms with E-state index in [1.165, 1.54) is 0 Å². The van der Waals surface area contributed by atoms with Gasteiger partial charge in [0.2, 0.25) is 0 Å². The molecule has 0 bridgehead atoms. The smallest absolute Gasteiger partial charge is 0.335 e. The number of halogens is 2. The van der Waals surface area contributed by atoms with Crippen molar-refractivity contribution in [1.29, 1.82) is 0 Å². The number of rotatable bonds is 4. The summed E-state index contributed by atoms with van der Waals surface area (Å²) < 4.78 is 11.2. The number of benzene rings is 3. The number of ether oxygens (including phenoxy) is 2. The summed E-state index contributed by atoms with van der Waals surface area (Å²) in [7, 11) is 0. The molecule has 0 aromatic heterocycles. The van der Waals surface area contributed by atoms with Crippen molar-refractivity contribution in [2.75, 3.05) is 0 Å². The van der Waals surface area contributed by atoms with Gasteiger partial charge >= 0.3 is 5.97 Å². The number of carbonyl (C=O) groups is 1. The van der Waals surface area contributed by atoms with E-state index < -0.39 is 5.97 Å². The lowest BCUT2D eigenvalue weighted by Gasteiger charge is -2.14. The number of para-hydroxylation sites is 1. The highest BCUT2D eigenvalue weighted by Gasteiger charge is 2.16. The number of hydrogen-bond donors (Lipinski definition) is 0. The minimum atomic E-state index is -0.593. The molecule has 3 nitrogen and oxygen atoms in total. The lowest BCUT2D eigenvalue weighted by Crippen LogP contribution is -2.04. The van der Waals surface area contributed by atoms with Crippen molar-refractivity contribution in [2.24, 2.45) is 0 Å². The van der Waals surface area contributed by atoms with E-state index in [1.54, 1.807) is 24.3 Å². The lowest BCUT2D eigenvalue weighted by atomic mass is 10.1. The van der Waals surface area contributed by atoms with E-state index in [0.717, 1.165) is 6.08 Å². The summed E-state index contributed by atoms with van der Waals surface area (Å²) in [4.78, 5) is 11.6. The van der Waals surface area contributed by atoms with E-state index in [1.807, 2.05) is 30.3 Å². The van der Waals surface area contributed by atoms with Crippen LogP contribution in [0, 0.1) is 0 Å². The Balaban J connectivity index is 2.16. The van der Waals surface area contributed by atoms with Gasteiger partial charge in [-0.3, -0.25) is 0 Å². The molecule has 5 heteroatoms. The summed E-state index contributed by atoms with van der Waals surface area (Å²) >= 11 is 12.4. The molecule has 0 fully saturated rings. The van der Waals surface area contributed by atoms with Crippen LogP contribution in [0.25, 0.3) is 10.8 Å². The lowest BCUT2D eigenvalue weighted by molar-refractivity contribution is -0.128. The van der Waals surface area contributed by atoms with Gasteiger partial charge in [0.15, 0.2) is 5.75 Å². The molecule has 3 aromatic rings. The number of fused-ring (bicyclic) bond motifs is 1. The molecule has 0 aliphatic carbocycles. The maximum Gasteiger partial charge on any atom is 0.335 e. The molecule has 0 radical (unpaired) electrons. The first-order valence-electron chi connectivity index (χ1n) is 7.07. The van der Waals surface area contributed by atoms with Crippen molar-refractivity contribution in [2.45, 2.75) is 0 Å². The molecule has 0 saturated heterocycles. The summed E-state index contributed by atoms with van der Waals surface area (Å²) in [5.41, 5.74) is 0. The van der Waals surface area contributed by atoms with Crippen LogP contribution in [0.5, 0.6) is 17.2 Å². The van der Waals surface area contributed by atoms with Crippen molar-refractivity contribution in [3.8, 4) is 17.2 Å². The highest BCUT2D eigenvalue weighted by Crippen LogP contribution is 2.42. The molecule has 0 aliphatic heterocycles. The zero-order valence-electron chi connectivity index (χ0n) is 12.5. The predicted molar refractivity (Wildman–Crippen MR) is 96.3 cm³/mol. The monoisotopic (exact) mass is 358 g/mol. The Morgan fingerprint density at radius 2 is 1.75 bits per heavy atom. The molecule has 0 atom stereocenters. The molecule has 0 aliphatic rings. The summed E-state index contributed by atoms with van der Waals surface area (Å²) in [5.74, 6) is 0.825. The summed E-state index contributed by atoms with van der Waals surface area (Å²) in [6.45, 7) is 3.39. The fourth-order valence-corrected chi connectivity index (χ4v) is 2.66. The molecule has 0 amide bonds. The van der Waals surface area contributed by atoms with E-state index in [2.05, 4.69) is 6.58 Å². The Morgan fingerprint density at radius 1 is 1.00 bits per heavy atom. The van der Waals surface area contributed by atoms with Crippen LogP contribution in [0.1, 0.15) is 0 Å². The third kappa shape index (κ3) is 3.37. The maximum absolute atomic E-state index is 11.6. The van der Waals surface area contributed by atoms with Gasteiger partial charge in [-0.2, -0.15) is 0 Å². The molecule has 0 heterocycles. The topological polar surface area (TPSA) is 35.5 Å². The molecule has 0 unspecified atom stereocenters. The van der Waals surface area contributed by atoms with Gasteiger partial charge in [-0.1, -0.05) is 48.0 Å². The highest BCUT2D eigenvalue weighted by molar-refractivity contribution is 6.34. The summed E-state index contributed by atoms with van der Waals surface area (Å²) in [6.07, 6.45) is 1.08. The van der Waals surface area contributed by atoms with Gasteiger partial charge in [0.1, 0.15) is 11.5 Å². The second-order valence-corrected chi connectivity index (χ2v) is 5.76. The van der Waals surface area contributed by atoms with Gasteiger partial charge < -0.3 is 9.47 Å². The summed E-state index contributed by atoms with van der Waals surface area (Å²) in [5, 5.41) is 2.09. The van der Waals surface area contributed by atoms with Crippen LogP contribution < -0.4 is 9.47 Å². The molecular weight excluding hydrogens is 347 g/mol. The molecule has 0 spiro atoms. The zero-order chi connectivity index (χ0) is 17.1. The minimum absolute atomic E-state index is 0.244. The van der Waals surface area contributed by atoms with Gasteiger partial charge in [-0.15, -0.1) is 0 Å². The third-order valence-corrected chi connectivity index (χ3v) is 3.82. The van der Waals surface area contributed by atoms with E-state index in [4.69, 9.17) is 32.7 Å². The molecule has 3 aromatic carbocycles. The Morgan fingerprint density at radius 3 is 2.46 bits per heavy atom. The second-order valence-electron chi connectivity index (χ2n) is 4.92. The zero-order valence-corrected chi connectivity index (χ0v) is 14.0. The second kappa shape index (κ2) is 6.95. The summed E-state index contributed by atoms with van der Waals surface area (Å²) in [6, 6.07) is 16.0. The Labute approximate surface area is 149 Å². The third-order valence-electron chi connectivity index (χ3n) is 3.31. The fourth-order valence-electron chi connectivity index (χ4n) is 2.25. The Bertz CT molecular complexity index is 921. The van der Waals surface area contributed by atoms with Crippen molar-refractivity contribution in [3.05, 3.63) is 77.3 Å². The standard InChI is InChI=1S/C19H12Cl2O3/c1-2-18(22)24-19-14-9-8-12(20)10-15(14)17(11-16(19)21)23-13-6-4-3-5-7-13/h2-11H,1H2. The van der Waals surface area contributed by atoms with Crippen LogP contribution in [0.4, 0.5) is 0 Å². The van der Waals surface area contributed by atoms with Crippen LogP contribution >= 0.6 is 23.2 Å². The van der Waals surface area contributed by atoms with Crippen LogP contribution in [-0.4, -0.2) is 5.97 Å². The van der Waals surface area contributed by atoms with Crippen LogP contribution in [0.15, 0.2) is 67.3 Å². The largest absolute Gasteiger partial charge is 0.457 e. The van der Waals surface area contributed by atoms with Gasteiger partial charge in [-0.25, -0.2) is 4.79 Å². The van der Waals surface area contributed by atoms with Gasteiger partial charge in [0.05, 0.1) is 5.02 Å². The average Bonchev–Trinajstić information content (AvgIpc) is 2.59. The van der Waals surface area contributed by atoms with Crippen molar-refractivity contribution < 1.29 is 14.3 Å².